The lowest BCUT2D eigenvalue weighted by atomic mass is 10.2. The van der Waals surface area contributed by atoms with Crippen molar-refractivity contribution < 1.29 is 35.2 Å². The Labute approximate surface area is 176 Å². The van der Waals surface area contributed by atoms with Crippen molar-refractivity contribution in [2.24, 2.45) is 21.7 Å². The Morgan fingerprint density at radius 1 is 1.13 bits per heavy atom. The molecule has 0 aliphatic rings. The number of rotatable bonds is 9. The maximum atomic E-state index is 12.6. The Bertz CT molecular complexity index is 1070. The average Bonchev–Trinajstić information content (AvgIpc) is 2.62. The molecule has 0 aromatic heterocycles. The highest BCUT2D eigenvalue weighted by atomic mass is 32.2. The van der Waals surface area contributed by atoms with Crippen molar-refractivity contribution >= 4 is 22.3 Å². The summed E-state index contributed by atoms with van der Waals surface area (Å²) in [5.74, 6) is -0.966. The zero-order valence-corrected chi connectivity index (χ0v) is 17.0. The number of aryl methyl sites for hydroxylation is 1. The molecule has 4 N–H and O–H groups in total. The second-order valence-electron chi connectivity index (χ2n) is 5.97. The largest absolute Gasteiger partial charge is 0.573 e. The second-order valence-corrected chi connectivity index (χ2v) is 7.49. The first-order valence-corrected chi connectivity index (χ1v) is 10.0. The third kappa shape index (κ3) is 8.04. The second kappa shape index (κ2) is 10.0. The van der Waals surface area contributed by atoms with E-state index in [1.54, 1.807) is 13.0 Å². The number of para-hydroxylation sites is 1. The Balaban J connectivity index is 2.16. The van der Waals surface area contributed by atoms with E-state index in [0.717, 1.165) is 12.1 Å². The summed E-state index contributed by atoms with van der Waals surface area (Å²) >= 11 is 0. The summed E-state index contributed by atoms with van der Waals surface area (Å²) in [6.07, 6.45) is -3.31. The number of halogens is 3. The number of hydrogen-bond acceptors (Lipinski definition) is 7. The Morgan fingerprint density at radius 3 is 2.48 bits per heavy atom. The van der Waals surface area contributed by atoms with E-state index in [9.17, 15) is 21.6 Å². The lowest BCUT2D eigenvalue weighted by Gasteiger charge is -2.14. The minimum absolute atomic E-state index is 0.147. The summed E-state index contributed by atoms with van der Waals surface area (Å²) in [6, 6.07) is 8.55. The van der Waals surface area contributed by atoms with Gasteiger partial charge in [0.05, 0.1) is 6.61 Å². The van der Waals surface area contributed by atoms with Crippen LogP contribution in [-0.2, 0) is 10.1 Å². The van der Waals surface area contributed by atoms with Gasteiger partial charge in [0.15, 0.2) is 5.75 Å². The molecule has 0 spiro atoms. The van der Waals surface area contributed by atoms with E-state index in [2.05, 4.69) is 14.9 Å². The van der Waals surface area contributed by atoms with Gasteiger partial charge in [0, 0.05) is 18.7 Å². The highest BCUT2D eigenvalue weighted by Gasteiger charge is 2.34. The number of ether oxygens (including phenoxy) is 2. The number of nitrogens with zero attached hydrogens (tertiary/aromatic N) is 2. The number of nitrogens with two attached hydrogens (primary N) is 2. The van der Waals surface area contributed by atoms with Gasteiger partial charge in [-0.1, -0.05) is 12.1 Å². The first-order valence-electron chi connectivity index (χ1n) is 8.60. The molecule has 0 atom stereocenters. The van der Waals surface area contributed by atoms with Crippen molar-refractivity contribution in [3.8, 4) is 17.2 Å². The summed E-state index contributed by atoms with van der Waals surface area (Å²) in [5.41, 5.74) is 10.8. The first kappa shape index (κ1) is 23.8. The molecule has 2 aromatic carbocycles. The van der Waals surface area contributed by atoms with E-state index in [0.29, 0.717) is 12.0 Å². The molecule has 0 radical (unpaired) electrons. The van der Waals surface area contributed by atoms with E-state index < -0.39 is 27.1 Å². The molecular formula is C18H19F3N4O5S. The van der Waals surface area contributed by atoms with Crippen LogP contribution >= 0.6 is 0 Å². The minimum atomic E-state index is -5.07. The van der Waals surface area contributed by atoms with Gasteiger partial charge < -0.3 is 25.1 Å². The number of benzene rings is 2. The lowest BCUT2D eigenvalue weighted by molar-refractivity contribution is -0.275. The van der Waals surface area contributed by atoms with Crippen molar-refractivity contribution in [3.63, 3.8) is 0 Å². The maximum Gasteiger partial charge on any atom is 0.573 e. The number of alkyl halides is 3. The normalized spacial score (nSPS) is 11.9. The van der Waals surface area contributed by atoms with Crippen LogP contribution in [0.15, 0.2) is 57.6 Å². The van der Waals surface area contributed by atoms with Crippen molar-refractivity contribution in [1.82, 2.24) is 0 Å². The third-order valence-corrected chi connectivity index (χ3v) is 4.63. The summed E-state index contributed by atoms with van der Waals surface area (Å²) in [7, 11) is -4.63. The summed E-state index contributed by atoms with van der Waals surface area (Å²) in [5, 5.41) is 7.00. The first-order chi connectivity index (χ1) is 14.5. The zero-order valence-electron chi connectivity index (χ0n) is 16.2. The van der Waals surface area contributed by atoms with Crippen molar-refractivity contribution in [2.45, 2.75) is 24.6 Å². The fourth-order valence-corrected chi connectivity index (χ4v) is 3.32. The van der Waals surface area contributed by atoms with Gasteiger partial charge >= 0.3 is 16.5 Å². The van der Waals surface area contributed by atoms with Crippen LogP contribution in [0.3, 0.4) is 0 Å². The van der Waals surface area contributed by atoms with Crippen LogP contribution in [0.2, 0.25) is 0 Å². The zero-order chi connectivity index (χ0) is 23.1. The average molecular weight is 460 g/mol. The van der Waals surface area contributed by atoms with Crippen molar-refractivity contribution in [1.29, 1.82) is 0 Å². The minimum Gasteiger partial charge on any atom is -0.493 e. The van der Waals surface area contributed by atoms with Crippen LogP contribution in [0.4, 0.5) is 13.2 Å². The van der Waals surface area contributed by atoms with Crippen LogP contribution in [0.1, 0.15) is 12.0 Å². The van der Waals surface area contributed by atoms with Gasteiger partial charge in [0.1, 0.15) is 16.4 Å². The van der Waals surface area contributed by atoms with Gasteiger partial charge in [-0.2, -0.15) is 13.5 Å². The Kier molecular flexibility index (Phi) is 7.69. The molecule has 2 aromatic rings. The topological polar surface area (TPSA) is 139 Å². The molecule has 0 heterocycles. The number of guanidine groups is 1. The molecule has 0 unspecified atom stereocenters. The third-order valence-electron chi connectivity index (χ3n) is 3.35. The summed E-state index contributed by atoms with van der Waals surface area (Å²) in [6.45, 7) is 1.83. The summed E-state index contributed by atoms with van der Waals surface area (Å²) < 4.78 is 77.1. The molecule has 31 heavy (non-hydrogen) atoms. The maximum absolute atomic E-state index is 12.6. The smallest absolute Gasteiger partial charge is 0.493 e. The lowest BCUT2D eigenvalue weighted by Crippen LogP contribution is -2.21. The van der Waals surface area contributed by atoms with E-state index in [4.69, 9.17) is 20.4 Å². The molecule has 0 aliphatic heterocycles. The molecule has 2 rings (SSSR count). The Hall–Kier alpha value is -3.48. The molecule has 0 fully saturated rings. The molecule has 0 saturated carbocycles. The molecule has 0 amide bonds. The standard InChI is InChI=1S/C18H19F3N4O5S/c1-12-9-13(28-8-4-7-24-25-17(22)23)11-14(10-12)30-31(26,27)16-6-3-2-5-15(16)29-18(19,20)21/h2-3,5-7,9-11H,4,8H2,1H3,(H4,22,23,25). The van der Waals surface area contributed by atoms with Crippen LogP contribution in [0, 0.1) is 6.92 Å². The van der Waals surface area contributed by atoms with Crippen molar-refractivity contribution in [3.05, 3.63) is 48.0 Å². The van der Waals surface area contributed by atoms with E-state index in [1.807, 2.05) is 0 Å². The highest BCUT2D eigenvalue weighted by molar-refractivity contribution is 7.87. The van der Waals surface area contributed by atoms with Crippen LogP contribution in [-0.4, -0.2) is 33.6 Å². The van der Waals surface area contributed by atoms with E-state index >= 15 is 0 Å². The molecule has 0 bridgehead atoms. The SMILES string of the molecule is Cc1cc(OCCC=NN=C(N)N)cc(OS(=O)(=O)c2ccccc2OC(F)(F)F)c1. The van der Waals surface area contributed by atoms with Gasteiger partial charge in [-0.15, -0.1) is 18.3 Å². The quantitative estimate of drug-likeness (QED) is 0.193. The van der Waals surface area contributed by atoms with Crippen LogP contribution in [0.25, 0.3) is 0 Å². The molecule has 13 heteroatoms. The Morgan fingerprint density at radius 2 is 1.81 bits per heavy atom. The molecular weight excluding hydrogens is 441 g/mol. The van der Waals surface area contributed by atoms with Gasteiger partial charge in [-0.25, -0.2) is 0 Å². The molecule has 9 nitrogen and oxygen atoms in total. The predicted molar refractivity (Wildman–Crippen MR) is 107 cm³/mol. The molecule has 168 valence electrons. The van der Waals surface area contributed by atoms with Crippen LogP contribution in [0.5, 0.6) is 17.2 Å². The van der Waals surface area contributed by atoms with E-state index in [1.165, 1.54) is 30.5 Å². The predicted octanol–water partition coefficient (Wildman–Crippen LogP) is 2.69. The van der Waals surface area contributed by atoms with E-state index in [-0.39, 0.29) is 24.1 Å². The highest BCUT2D eigenvalue weighted by Crippen LogP contribution is 2.32. The van der Waals surface area contributed by atoms with Gasteiger partial charge in [0.25, 0.3) is 0 Å². The summed E-state index contributed by atoms with van der Waals surface area (Å²) in [4.78, 5) is -0.771. The fraction of sp³-hybridized carbons (Fsp3) is 0.222. The van der Waals surface area contributed by atoms with Crippen LogP contribution < -0.4 is 25.1 Å². The van der Waals surface area contributed by atoms with Crippen molar-refractivity contribution in [2.75, 3.05) is 6.61 Å². The van der Waals surface area contributed by atoms with Gasteiger partial charge in [0.2, 0.25) is 5.96 Å². The molecule has 0 aliphatic carbocycles. The fourth-order valence-electron chi connectivity index (χ4n) is 2.28. The van der Waals surface area contributed by atoms with Gasteiger partial charge in [-0.3, -0.25) is 0 Å². The monoisotopic (exact) mass is 460 g/mol. The molecule has 0 saturated heterocycles. The number of hydrogen-bond donors (Lipinski definition) is 2. The van der Waals surface area contributed by atoms with Gasteiger partial charge in [-0.05, 0) is 36.8 Å².